The molecule has 0 aromatic carbocycles. The third-order valence-electron chi connectivity index (χ3n) is 5.87. The quantitative estimate of drug-likeness (QED) is 0.223. The van der Waals surface area contributed by atoms with Crippen molar-refractivity contribution in [3.05, 3.63) is 28.5 Å². The van der Waals surface area contributed by atoms with Crippen LogP contribution in [-0.2, 0) is 19.1 Å². The summed E-state index contributed by atoms with van der Waals surface area (Å²) in [4.78, 5) is 25.0. The van der Waals surface area contributed by atoms with Crippen molar-refractivity contribution >= 4 is 11.9 Å². The van der Waals surface area contributed by atoms with E-state index in [1.54, 1.807) is 26.0 Å². The molecule has 0 aliphatic carbocycles. The fraction of sp³-hybridized carbons (Fsp3) is 0.667. The second-order valence-electron chi connectivity index (χ2n) is 7.39. The fourth-order valence-corrected chi connectivity index (χ4v) is 4.08. The van der Waals surface area contributed by atoms with E-state index in [-0.39, 0.29) is 25.1 Å². The summed E-state index contributed by atoms with van der Waals surface area (Å²) in [7, 11) is 0. The Morgan fingerprint density at radius 3 is 2.85 bits per heavy atom. The molecular weight excluding hydrogens is 342 g/mol. The van der Waals surface area contributed by atoms with Crippen LogP contribution in [0.1, 0.15) is 26.7 Å². The van der Waals surface area contributed by atoms with Gasteiger partial charge in [-0.05, 0) is 19.4 Å². The first-order valence-corrected chi connectivity index (χ1v) is 8.88. The van der Waals surface area contributed by atoms with Crippen molar-refractivity contribution in [2.45, 2.75) is 44.4 Å². The molecule has 8 heteroatoms. The molecule has 26 heavy (non-hydrogen) atoms. The largest absolute Gasteiger partial charge is 0.632 e. The topological polar surface area (TPSA) is 116 Å². The maximum Gasteiger partial charge on any atom is 0.341 e. The van der Waals surface area contributed by atoms with Gasteiger partial charge in [0.05, 0.1) is 19.7 Å². The van der Waals surface area contributed by atoms with E-state index in [9.17, 15) is 25.0 Å². The Hall–Kier alpha value is -1.74. The highest BCUT2D eigenvalue weighted by atomic mass is 16.6. The zero-order chi connectivity index (χ0) is 19.1. The lowest BCUT2D eigenvalue weighted by Crippen LogP contribution is -2.51. The Morgan fingerprint density at radius 1 is 1.46 bits per heavy atom. The summed E-state index contributed by atoms with van der Waals surface area (Å²) < 4.78 is 10.4. The van der Waals surface area contributed by atoms with E-state index in [2.05, 4.69) is 0 Å². The molecule has 2 fully saturated rings. The molecule has 0 spiro atoms. The van der Waals surface area contributed by atoms with Crippen molar-refractivity contribution in [1.29, 1.82) is 0 Å². The predicted molar refractivity (Wildman–Crippen MR) is 90.3 cm³/mol. The minimum atomic E-state index is -2.13. The van der Waals surface area contributed by atoms with Gasteiger partial charge in [-0.25, -0.2) is 9.59 Å². The predicted octanol–water partition coefficient (Wildman–Crippen LogP) is 0.178. The van der Waals surface area contributed by atoms with Crippen LogP contribution in [0.3, 0.4) is 0 Å². The van der Waals surface area contributed by atoms with Gasteiger partial charge in [-0.1, -0.05) is 13.0 Å². The number of hydrogen-bond acceptors (Lipinski definition) is 7. The number of esters is 2. The minimum absolute atomic E-state index is 0.0406. The zero-order valence-corrected chi connectivity index (χ0v) is 15.0. The van der Waals surface area contributed by atoms with Gasteiger partial charge in [0, 0.05) is 23.5 Å². The SMILES string of the molecule is C/C=C1/CC(C)[C@](O)(CO)C(=O)OCC2=CC[N+]3([O-])CC[C@@H](OC1=O)[C@@H]23. The monoisotopic (exact) mass is 367 g/mol. The van der Waals surface area contributed by atoms with E-state index in [1.165, 1.54) is 0 Å². The van der Waals surface area contributed by atoms with Crippen LogP contribution in [0.15, 0.2) is 23.3 Å². The van der Waals surface area contributed by atoms with Crippen molar-refractivity contribution < 1.29 is 33.9 Å². The lowest BCUT2D eigenvalue weighted by atomic mass is 9.84. The highest BCUT2D eigenvalue weighted by molar-refractivity contribution is 5.89. The van der Waals surface area contributed by atoms with Crippen LogP contribution in [0.4, 0.5) is 0 Å². The number of aliphatic hydroxyl groups excluding tert-OH is 1. The van der Waals surface area contributed by atoms with Gasteiger partial charge in [0.25, 0.3) is 0 Å². The molecule has 2 saturated heterocycles. The molecule has 0 aromatic rings. The number of carbonyl (C=O) groups excluding carboxylic acids is 2. The molecule has 144 valence electrons. The van der Waals surface area contributed by atoms with Crippen LogP contribution in [0.25, 0.3) is 0 Å². The third-order valence-corrected chi connectivity index (χ3v) is 5.87. The molecule has 5 atom stereocenters. The molecule has 0 radical (unpaired) electrons. The normalized spacial score (nSPS) is 42.4. The fourth-order valence-electron chi connectivity index (χ4n) is 4.08. The van der Waals surface area contributed by atoms with Crippen LogP contribution >= 0.6 is 0 Å². The number of cyclic esters (lactones) is 1. The minimum Gasteiger partial charge on any atom is -0.632 e. The molecule has 3 aliphatic rings. The molecule has 0 saturated carbocycles. The van der Waals surface area contributed by atoms with Gasteiger partial charge in [0.2, 0.25) is 0 Å². The number of rotatable bonds is 1. The standard InChI is InChI=1S/C18H25NO7/c1-3-12-8-11(2)18(23,10-20)17(22)25-9-13-4-6-19(24)7-5-14(15(13)19)26-16(12)21/h3-4,11,14-15,20,23H,5-10H2,1-2H3/b12-3-/t11?,14-,15-,18-,19?/m1/s1. The summed E-state index contributed by atoms with van der Waals surface area (Å²) >= 11 is 0. The molecule has 0 bridgehead atoms. The first-order chi connectivity index (χ1) is 12.2. The Labute approximate surface area is 151 Å². The number of aliphatic hydroxyl groups is 2. The van der Waals surface area contributed by atoms with Crippen LogP contribution in [0.2, 0.25) is 0 Å². The van der Waals surface area contributed by atoms with Gasteiger partial charge in [0.1, 0.15) is 6.61 Å². The maximum absolute atomic E-state index is 12.9. The molecule has 0 aromatic heterocycles. The number of hydroxylamine groups is 3. The summed E-state index contributed by atoms with van der Waals surface area (Å²) in [6.45, 7) is 2.81. The van der Waals surface area contributed by atoms with Crippen molar-refractivity contribution in [3.63, 3.8) is 0 Å². The van der Waals surface area contributed by atoms with Gasteiger partial charge in [-0.3, -0.25) is 0 Å². The molecule has 3 rings (SSSR count). The van der Waals surface area contributed by atoms with Gasteiger partial charge in [-0.2, -0.15) is 0 Å². The van der Waals surface area contributed by atoms with E-state index < -0.39 is 46.9 Å². The number of ether oxygens (including phenoxy) is 2. The molecule has 3 heterocycles. The first kappa shape index (κ1) is 19.0. The first-order valence-electron chi connectivity index (χ1n) is 8.88. The van der Waals surface area contributed by atoms with Gasteiger partial charge in [0.15, 0.2) is 17.7 Å². The second-order valence-corrected chi connectivity index (χ2v) is 7.39. The van der Waals surface area contributed by atoms with Gasteiger partial charge in [-0.15, -0.1) is 0 Å². The van der Waals surface area contributed by atoms with Crippen molar-refractivity contribution in [3.8, 4) is 0 Å². The second kappa shape index (κ2) is 6.77. The highest BCUT2D eigenvalue weighted by Gasteiger charge is 2.51. The zero-order valence-electron chi connectivity index (χ0n) is 15.0. The third kappa shape index (κ3) is 2.96. The molecule has 0 amide bonds. The van der Waals surface area contributed by atoms with Gasteiger partial charge >= 0.3 is 11.9 Å². The van der Waals surface area contributed by atoms with Crippen LogP contribution < -0.4 is 0 Å². The van der Waals surface area contributed by atoms with E-state index in [0.717, 1.165) is 0 Å². The maximum atomic E-state index is 12.9. The summed E-state index contributed by atoms with van der Waals surface area (Å²) in [5.74, 6) is -2.27. The molecule has 2 N–H and O–H groups in total. The smallest absolute Gasteiger partial charge is 0.341 e. The summed E-state index contributed by atoms with van der Waals surface area (Å²) in [6, 6.07) is -0.594. The number of quaternary nitrogens is 1. The van der Waals surface area contributed by atoms with Crippen LogP contribution in [-0.4, -0.2) is 70.8 Å². The molecule has 3 aliphatic heterocycles. The highest BCUT2D eigenvalue weighted by Crippen LogP contribution is 2.39. The molecule has 2 unspecified atom stereocenters. The molecule has 8 nitrogen and oxygen atoms in total. The average Bonchev–Trinajstić information content (AvgIpc) is 3.11. The summed E-state index contributed by atoms with van der Waals surface area (Å²) in [6.07, 6.45) is 3.22. The van der Waals surface area contributed by atoms with Crippen LogP contribution in [0.5, 0.6) is 0 Å². The Bertz CT molecular complexity index is 672. The summed E-state index contributed by atoms with van der Waals surface area (Å²) in [5, 5.41) is 33.1. The van der Waals surface area contributed by atoms with E-state index in [4.69, 9.17) is 9.47 Å². The van der Waals surface area contributed by atoms with E-state index in [1.807, 2.05) is 0 Å². The number of allylic oxidation sites excluding steroid dienone is 1. The van der Waals surface area contributed by atoms with E-state index >= 15 is 0 Å². The number of nitrogens with zero attached hydrogens (tertiary/aromatic N) is 1. The lowest BCUT2D eigenvalue weighted by molar-refractivity contribution is -0.877. The number of hydrogen-bond donors (Lipinski definition) is 2. The summed E-state index contributed by atoms with van der Waals surface area (Å²) in [5.41, 5.74) is -1.25. The van der Waals surface area contributed by atoms with E-state index in [0.29, 0.717) is 18.5 Å². The van der Waals surface area contributed by atoms with Crippen LogP contribution in [0, 0.1) is 11.1 Å². The number of carbonyl (C=O) groups is 2. The average molecular weight is 367 g/mol. The Morgan fingerprint density at radius 2 is 2.19 bits per heavy atom. The lowest BCUT2D eigenvalue weighted by Gasteiger charge is -2.41. The van der Waals surface area contributed by atoms with Crippen molar-refractivity contribution in [2.75, 3.05) is 26.3 Å². The van der Waals surface area contributed by atoms with Crippen molar-refractivity contribution in [2.24, 2.45) is 5.92 Å². The Balaban J connectivity index is 1.96. The molecular formula is C18H25NO7. The van der Waals surface area contributed by atoms with Gasteiger partial charge < -0.3 is 29.5 Å². The van der Waals surface area contributed by atoms with Crippen molar-refractivity contribution in [1.82, 2.24) is 0 Å². The Kier molecular flexibility index (Phi) is 4.96.